The van der Waals surface area contributed by atoms with Crippen LogP contribution in [0.4, 0.5) is 0 Å². The highest BCUT2D eigenvalue weighted by molar-refractivity contribution is 7.58. The normalized spacial score (nSPS) is 14.0. The molecule has 3 aromatic carbocycles. The van der Waals surface area contributed by atoms with Crippen molar-refractivity contribution in [3.63, 3.8) is 0 Å². The minimum atomic E-state index is -2.60. The van der Waals surface area contributed by atoms with Gasteiger partial charge in [0, 0.05) is 45.0 Å². The first kappa shape index (κ1) is 99.5. The standard InChI is InChI=1S/C85H140N2O23P2/c1-111(93,108-75-78-38-28-24-29-39-78)72-34-21-17-13-9-5-3-7-11-15-19-32-45-85(84(92)107-74-77-36-26-23-27-37-77,46-33-20-16-12-8-4-6-10-14-18-22-35-73-112(2,94)109-76-79-40-30-25-31-41-79)83(91)86-47-49-96-51-53-98-55-57-100-59-61-102-63-65-104-67-69-106-71-70-105-68-66-103-64-62-101-60-58-99-56-54-97-52-50-95-48-44-82(90)110-87-80(88)42-43-81(87)89/h23-31,36-41H,3-22,32-35,42-76H2,1-2H3,(H,86,91). The second-order valence-corrected chi connectivity index (χ2v) is 34.0. The van der Waals surface area contributed by atoms with Gasteiger partial charge in [0.1, 0.15) is 12.0 Å². The maximum absolute atomic E-state index is 14.6. The molecule has 0 aromatic heterocycles. The first-order valence-corrected chi connectivity index (χ1v) is 46.3. The number of hydroxylamine groups is 2. The molecular formula is C85H140N2O23P2. The number of carbonyl (C=O) groups is 5. The van der Waals surface area contributed by atoms with Crippen LogP contribution in [-0.2, 0) is 128 Å². The first-order valence-electron chi connectivity index (χ1n) is 41.8. The number of esters is 1. The van der Waals surface area contributed by atoms with Gasteiger partial charge in [0.05, 0.1) is 178 Å². The topological polar surface area (TPSA) is 282 Å². The van der Waals surface area contributed by atoms with Crippen molar-refractivity contribution in [1.29, 1.82) is 0 Å². The predicted octanol–water partition coefficient (Wildman–Crippen LogP) is 15.4. The summed E-state index contributed by atoms with van der Waals surface area (Å²) in [6.07, 6.45) is 28.0. The van der Waals surface area contributed by atoms with Crippen molar-refractivity contribution < 1.29 is 109 Å². The van der Waals surface area contributed by atoms with Crippen molar-refractivity contribution in [2.24, 2.45) is 5.41 Å². The molecule has 2 atom stereocenters. The smallest absolute Gasteiger partial charge is 0.335 e. The monoisotopic (exact) mass is 1620 g/mol. The number of imide groups is 1. The summed E-state index contributed by atoms with van der Waals surface area (Å²) in [6, 6.07) is 29.5. The number of rotatable bonds is 80. The van der Waals surface area contributed by atoms with Crippen LogP contribution in [-0.4, -0.2) is 225 Å². The molecule has 1 heterocycles. The summed E-state index contributed by atoms with van der Waals surface area (Å²) in [5, 5.41) is 3.62. The van der Waals surface area contributed by atoms with Crippen molar-refractivity contribution in [1.82, 2.24) is 10.4 Å². The molecule has 27 heteroatoms. The van der Waals surface area contributed by atoms with Crippen LogP contribution in [0, 0.1) is 5.41 Å². The molecule has 0 radical (unpaired) electrons. The van der Waals surface area contributed by atoms with Crippen molar-refractivity contribution in [3.8, 4) is 0 Å². The van der Waals surface area contributed by atoms with Gasteiger partial charge in [-0.25, -0.2) is 4.79 Å². The second kappa shape index (κ2) is 68.2. The van der Waals surface area contributed by atoms with E-state index in [4.69, 9.17) is 75.5 Å². The average molecular weight is 1620 g/mol. The van der Waals surface area contributed by atoms with Crippen LogP contribution < -0.4 is 5.32 Å². The van der Waals surface area contributed by atoms with Crippen molar-refractivity contribution in [3.05, 3.63) is 108 Å². The molecule has 3 aromatic rings. The number of amides is 3. The Hall–Kier alpha value is -4.89. The zero-order valence-corrected chi connectivity index (χ0v) is 69.9. The Balaban J connectivity index is 0.995. The molecule has 1 saturated heterocycles. The molecule has 4 rings (SSSR count). The van der Waals surface area contributed by atoms with Crippen molar-refractivity contribution in [2.75, 3.05) is 191 Å². The van der Waals surface area contributed by atoms with Crippen molar-refractivity contribution in [2.45, 2.75) is 206 Å². The van der Waals surface area contributed by atoms with E-state index in [-0.39, 0.29) is 58.1 Å². The Kier molecular flexibility index (Phi) is 60.6. The molecule has 638 valence electrons. The lowest BCUT2D eigenvalue weighted by Gasteiger charge is -2.31. The minimum Gasteiger partial charge on any atom is -0.460 e. The Bertz CT molecular complexity index is 2780. The zero-order chi connectivity index (χ0) is 80.0. The van der Waals surface area contributed by atoms with Gasteiger partial charge in [-0.1, -0.05) is 232 Å². The highest BCUT2D eigenvalue weighted by Gasteiger charge is 2.46. The van der Waals surface area contributed by atoms with Gasteiger partial charge >= 0.3 is 11.9 Å². The fourth-order valence-corrected chi connectivity index (χ4v) is 15.0. The van der Waals surface area contributed by atoms with E-state index in [1.165, 1.54) is 51.4 Å². The molecule has 3 amide bonds. The minimum absolute atomic E-state index is 0.0473. The van der Waals surface area contributed by atoms with Gasteiger partial charge in [-0.3, -0.25) is 28.3 Å². The molecule has 25 nitrogen and oxygen atoms in total. The molecule has 0 aliphatic carbocycles. The van der Waals surface area contributed by atoms with Crippen LogP contribution >= 0.6 is 14.7 Å². The SMILES string of the molecule is CP(=O)(CCCCCCCCCCCCCCC(CCCCCCCCCCCCCCP(C)(=O)OCc1ccccc1)(C(=O)NCCOCCOCCOCCOCCOCCOCCOCCOCCOCCOCCOCCOCCC(=O)ON1C(=O)CCC1=O)C(=O)OCc1ccccc1)OCc1ccccc1. The lowest BCUT2D eigenvalue weighted by Crippen LogP contribution is -2.48. The van der Waals surface area contributed by atoms with Gasteiger partial charge in [0.15, 0.2) is 0 Å². The molecule has 1 aliphatic heterocycles. The summed E-state index contributed by atoms with van der Waals surface area (Å²) in [5.74, 6) is -2.49. The van der Waals surface area contributed by atoms with Gasteiger partial charge in [-0.05, 0) is 42.4 Å². The maximum atomic E-state index is 14.6. The number of carbonyl (C=O) groups excluding carboxylic acids is 5. The molecule has 1 aliphatic rings. The van der Waals surface area contributed by atoms with Gasteiger partial charge in [-0.15, -0.1) is 5.06 Å². The van der Waals surface area contributed by atoms with Crippen LogP contribution in [0.2, 0.25) is 0 Å². The van der Waals surface area contributed by atoms with Gasteiger partial charge < -0.3 is 80.8 Å². The average Bonchev–Trinajstić information content (AvgIpc) is 0.882. The highest BCUT2D eigenvalue weighted by atomic mass is 31.2. The summed E-state index contributed by atoms with van der Waals surface area (Å²) >= 11 is 0. The number of nitrogens with zero attached hydrogens (tertiary/aromatic N) is 1. The molecule has 2 unspecified atom stereocenters. The Labute approximate surface area is 670 Å². The number of benzene rings is 3. The van der Waals surface area contributed by atoms with Crippen LogP contribution in [0.3, 0.4) is 0 Å². The lowest BCUT2D eigenvalue weighted by molar-refractivity contribution is -0.198. The molecule has 0 spiro atoms. The van der Waals surface area contributed by atoms with Crippen LogP contribution in [0.5, 0.6) is 0 Å². The summed E-state index contributed by atoms with van der Waals surface area (Å²) < 4.78 is 110. The zero-order valence-electron chi connectivity index (χ0n) is 68.1. The summed E-state index contributed by atoms with van der Waals surface area (Å²) in [7, 11) is -5.20. The molecule has 1 fully saturated rings. The Morgan fingerprint density at radius 1 is 0.348 bits per heavy atom. The third-order valence-corrected chi connectivity index (χ3v) is 22.4. The number of hydrogen-bond acceptors (Lipinski definition) is 23. The molecule has 112 heavy (non-hydrogen) atoms. The summed E-state index contributed by atoms with van der Waals surface area (Å²) in [6.45, 7) is 14.0. The second-order valence-electron chi connectivity index (χ2n) is 28.5. The Morgan fingerprint density at radius 2 is 0.607 bits per heavy atom. The highest BCUT2D eigenvalue weighted by Crippen LogP contribution is 2.45. The summed E-state index contributed by atoms with van der Waals surface area (Å²) in [4.78, 5) is 68.6. The van der Waals surface area contributed by atoms with Gasteiger partial charge in [-0.2, -0.15) is 0 Å². The van der Waals surface area contributed by atoms with Crippen molar-refractivity contribution >= 4 is 44.4 Å². The fraction of sp³-hybridized carbons (Fsp3) is 0.729. The molecule has 0 bridgehead atoms. The van der Waals surface area contributed by atoms with E-state index in [0.29, 0.717) is 182 Å². The van der Waals surface area contributed by atoms with Crippen LogP contribution in [0.15, 0.2) is 91.0 Å². The maximum Gasteiger partial charge on any atom is 0.335 e. The van der Waals surface area contributed by atoms with Crippen LogP contribution in [0.1, 0.15) is 203 Å². The van der Waals surface area contributed by atoms with E-state index < -0.39 is 43.9 Å². The van der Waals surface area contributed by atoms with Gasteiger partial charge in [0.25, 0.3) is 11.8 Å². The number of unbranched alkanes of at least 4 members (excludes halogenated alkanes) is 22. The predicted molar refractivity (Wildman–Crippen MR) is 433 cm³/mol. The molecule has 1 N–H and O–H groups in total. The van der Waals surface area contributed by atoms with E-state index in [2.05, 4.69) is 5.32 Å². The largest absolute Gasteiger partial charge is 0.460 e. The third-order valence-electron chi connectivity index (χ3n) is 18.8. The lowest BCUT2D eigenvalue weighted by atomic mass is 9.76. The van der Waals surface area contributed by atoms with E-state index in [1.807, 2.05) is 91.0 Å². The van der Waals surface area contributed by atoms with E-state index >= 15 is 0 Å². The number of ether oxygens (including phenoxy) is 13. The third kappa shape index (κ3) is 54.1. The van der Waals surface area contributed by atoms with Gasteiger partial charge in [0.2, 0.25) is 20.6 Å². The van der Waals surface area contributed by atoms with E-state index in [0.717, 1.165) is 119 Å². The number of nitrogens with one attached hydrogen (secondary N) is 1. The molecular weight excluding hydrogens is 1480 g/mol. The van der Waals surface area contributed by atoms with E-state index in [9.17, 15) is 33.1 Å². The van der Waals surface area contributed by atoms with Crippen LogP contribution in [0.25, 0.3) is 0 Å². The fourth-order valence-electron chi connectivity index (χ4n) is 12.3. The molecule has 0 saturated carbocycles. The number of hydrogen-bond donors (Lipinski definition) is 1. The summed E-state index contributed by atoms with van der Waals surface area (Å²) in [5.41, 5.74) is 1.66. The van der Waals surface area contributed by atoms with E-state index in [1.54, 1.807) is 13.3 Å². The first-order chi connectivity index (χ1) is 54.8. The quantitative estimate of drug-likeness (QED) is 0.0181. The Morgan fingerprint density at radius 3 is 0.911 bits per heavy atom.